The summed E-state index contributed by atoms with van der Waals surface area (Å²) in [5.74, 6) is 1.69. The highest BCUT2D eigenvalue weighted by Gasteiger charge is 2.17. The minimum atomic E-state index is -0.109. The molecule has 32 heavy (non-hydrogen) atoms. The molecule has 0 spiro atoms. The highest BCUT2D eigenvalue weighted by Crippen LogP contribution is 2.24. The Hall–Kier alpha value is -3.52. The first-order valence-electron chi connectivity index (χ1n) is 10.2. The molecule has 7 nitrogen and oxygen atoms in total. The smallest absolute Gasteiger partial charge is 0.234 e. The van der Waals surface area contributed by atoms with E-state index in [0.717, 1.165) is 28.6 Å². The van der Waals surface area contributed by atoms with Crippen LogP contribution in [0.15, 0.2) is 72.0 Å². The van der Waals surface area contributed by atoms with Gasteiger partial charge in [0, 0.05) is 36.7 Å². The first-order valence-corrected chi connectivity index (χ1v) is 11.2. The van der Waals surface area contributed by atoms with Crippen molar-refractivity contribution >= 4 is 23.4 Å². The lowest BCUT2D eigenvalue weighted by Gasteiger charge is -2.11. The average Bonchev–Trinajstić information content (AvgIpc) is 3.39. The fraction of sp³-hybridized carbons (Fsp3) is 0.208. The highest BCUT2D eigenvalue weighted by molar-refractivity contribution is 7.99. The summed E-state index contributed by atoms with van der Waals surface area (Å²) >= 11 is 1.36. The molecule has 164 valence electrons. The van der Waals surface area contributed by atoms with Gasteiger partial charge in [-0.1, -0.05) is 29.5 Å². The number of aromatic nitrogens is 4. The van der Waals surface area contributed by atoms with Crippen molar-refractivity contribution in [3.05, 3.63) is 83.9 Å². The molecule has 0 saturated carbocycles. The number of thioether (sulfide) groups is 1. The van der Waals surface area contributed by atoms with Gasteiger partial charge in [-0.15, -0.1) is 10.2 Å². The van der Waals surface area contributed by atoms with E-state index in [1.807, 2.05) is 48.1 Å². The maximum absolute atomic E-state index is 12.5. The predicted octanol–water partition coefficient (Wildman–Crippen LogP) is 4.24. The van der Waals surface area contributed by atoms with Gasteiger partial charge in [-0.25, -0.2) is 0 Å². The van der Waals surface area contributed by atoms with Crippen LogP contribution in [0.1, 0.15) is 17.1 Å². The Balaban J connectivity index is 1.52. The van der Waals surface area contributed by atoms with Gasteiger partial charge in [0.25, 0.3) is 0 Å². The van der Waals surface area contributed by atoms with Crippen molar-refractivity contribution in [3.8, 4) is 11.4 Å². The molecular weight excluding hydrogens is 422 g/mol. The quantitative estimate of drug-likeness (QED) is 0.409. The van der Waals surface area contributed by atoms with E-state index in [4.69, 9.17) is 4.74 Å². The SMILES string of the molecule is COc1ccc(NC(=O)CSc2nnc(Cc3cccn3C)n2-c2ccc(C)cc2)cc1. The Morgan fingerprint density at radius 1 is 1.06 bits per heavy atom. The Bertz CT molecular complexity index is 1200. The summed E-state index contributed by atoms with van der Waals surface area (Å²) in [5.41, 5.74) is 4.02. The fourth-order valence-electron chi connectivity index (χ4n) is 3.31. The van der Waals surface area contributed by atoms with Gasteiger partial charge in [-0.2, -0.15) is 0 Å². The van der Waals surface area contributed by atoms with Crippen molar-refractivity contribution < 1.29 is 9.53 Å². The fourth-order valence-corrected chi connectivity index (χ4v) is 4.08. The number of amides is 1. The lowest BCUT2D eigenvalue weighted by Crippen LogP contribution is -2.14. The van der Waals surface area contributed by atoms with E-state index in [1.54, 1.807) is 7.11 Å². The predicted molar refractivity (Wildman–Crippen MR) is 127 cm³/mol. The van der Waals surface area contributed by atoms with Crippen molar-refractivity contribution in [1.29, 1.82) is 0 Å². The number of carbonyl (C=O) groups is 1. The van der Waals surface area contributed by atoms with Crippen LogP contribution in [0.3, 0.4) is 0 Å². The van der Waals surface area contributed by atoms with Crippen molar-refractivity contribution in [1.82, 2.24) is 19.3 Å². The van der Waals surface area contributed by atoms with Crippen LogP contribution in [0.4, 0.5) is 5.69 Å². The number of nitrogens with zero attached hydrogens (tertiary/aromatic N) is 4. The number of hydrogen-bond donors (Lipinski definition) is 1. The second kappa shape index (κ2) is 9.74. The lowest BCUT2D eigenvalue weighted by molar-refractivity contribution is -0.113. The molecule has 2 aromatic carbocycles. The number of carbonyl (C=O) groups excluding carboxylic acids is 1. The minimum absolute atomic E-state index is 0.109. The average molecular weight is 448 g/mol. The lowest BCUT2D eigenvalue weighted by atomic mass is 10.2. The zero-order chi connectivity index (χ0) is 22.5. The number of nitrogens with one attached hydrogen (secondary N) is 1. The standard InChI is InChI=1S/C24H25N5O2S/c1-17-6-10-19(11-7-17)29-22(15-20-5-4-14-28(20)2)26-27-24(29)32-16-23(30)25-18-8-12-21(31-3)13-9-18/h4-14H,15-16H2,1-3H3,(H,25,30). The molecule has 1 amide bonds. The molecule has 4 aromatic rings. The number of hydrogen-bond acceptors (Lipinski definition) is 5. The largest absolute Gasteiger partial charge is 0.497 e. The molecule has 2 heterocycles. The third-order valence-corrected chi connectivity index (χ3v) is 6.02. The molecule has 4 rings (SSSR count). The summed E-state index contributed by atoms with van der Waals surface area (Å²) in [6.07, 6.45) is 2.66. The van der Waals surface area contributed by atoms with Gasteiger partial charge in [-0.3, -0.25) is 9.36 Å². The van der Waals surface area contributed by atoms with Gasteiger partial charge in [0.2, 0.25) is 5.91 Å². The number of rotatable bonds is 8. The molecule has 0 aliphatic rings. The van der Waals surface area contributed by atoms with Gasteiger partial charge < -0.3 is 14.6 Å². The van der Waals surface area contributed by atoms with Crippen LogP contribution in [0.2, 0.25) is 0 Å². The van der Waals surface area contributed by atoms with Crippen molar-refractivity contribution in [2.45, 2.75) is 18.5 Å². The summed E-state index contributed by atoms with van der Waals surface area (Å²) in [7, 11) is 3.63. The third-order valence-electron chi connectivity index (χ3n) is 5.09. The van der Waals surface area contributed by atoms with Crippen LogP contribution >= 0.6 is 11.8 Å². The molecule has 0 atom stereocenters. The summed E-state index contributed by atoms with van der Waals surface area (Å²) in [6.45, 7) is 2.06. The van der Waals surface area contributed by atoms with Crippen molar-refractivity contribution in [2.75, 3.05) is 18.2 Å². The second-order valence-corrected chi connectivity index (χ2v) is 8.36. The van der Waals surface area contributed by atoms with Crippen LogP contribution in [0.25, 0.3) is 5.69 Å². The van der Waals surface area contributed by atoms with Crippen LogP contribution in [-0.4, -0.2) is 38.1 Å². The monoisotopic (exact) mass is 447 g/mol. The molecule has 0 bridgehead atoms. The molecule has 0 aliphatic carbocycles. The molecule has 0 saturated heterocycles. The van der Waals surface area contributed by atoms with Gasteiger partial charge in [0.1, 0.15) is 11.6 Å². The first-order chi connectivity index (χ1) is 15.5. The van der Waals surface area contributed by atoms with Gasteiger partial charge in [0.05, 0.1) is 12.9 Å². The van der Waals surface area contributed by atoms with E-state index in [2.05, 4.69) is 57.3 Å². The summed E-state index contributed by atoms with van der Waals surface area (Å²) in [4.78, 5) is 12.5. The summed E-state index contributed by atoms with van der Waals surface area (Å²) in [5, 5.41) is 12.4. The molecular formula is C24H25N5O2S. The van der Waals surface area contributed by atoms with E-state index < -0.39 is 0 Å². The maximum atomic E-state index is 12.5. The van der Waals surface area contributed by atoms with Crippen LogP contribution in [-0.2, 0) is 18.3 Å². The number of benzene rings is 2. The molecule has 2 aromatic heterocycles. The number of methoxy groups -OCH3 is 1. The van der Waals surface area contributed by atoms with Crippen LogP contribution < -0.4 is 10.1 Å². The summed E-state index contributed by atoms with van der Waals surface area (Å²) < 4.78 is 9.25. The number of ether oxygens (including phenoxy) is 1. The number of aryl methyl sites for hydroxylation is 2. The van der Waals surface area contributed by atoms with Gasteiger partial charge in [-0.05, 0) is 55.5 Å². The van der Waals surface area contributed by atoms with Crippen LogP contribution in [0, 0.1) is 6.92 Å². The van der Waals surface area contributed by atoms with Gasteiger partial charge in [0.15, 0.2) is 5.16 Å². The molecule has 0 unspecified atom stereocenters. The van der Waals surface area contributed by atoms with E-state index in [0.29, 0.717) is 11.6 Å². The van der Waals surface area contributed by atoms with E-state index in [1.165, 1.54) is 17.3 Å². The zero-order valence-corrected chi connectivity index (χ0v) is 19.1. The Morgan fingerprint density at radius 2 is 1.81 bits per heavy atom. The molecule has 0 fully saturated rings. The number of anilines is 1. The Kier molecular flexibility index (Phi) is 6.61. The maximum Gasteiger partial charge on any atom is 0.234 e. The zero-order valence-electron chi connectivity index (χ0n) is 18.3. The second-order valence-electron chi connectivity index (χ2n) is 7.42. The van der Waals surface area contributed by atoms with E-state index >= 15 is 0 Å². The van der Waals surface area contributed by atoms with E-state index in [9.17, 15) is 4.79 Å². The van der Waals surface area contributed by atoms with Crippen molar-refractivity contribution in [3.63, 3.8) is 0 Å². The Labute approximate surface area is 191 Å². The third kappa shape index (κ3) is 5.03. The Morgan fingerprint density at radius 3 is 2.47 bits per heavy atom. The first kappa shape index (κ1) is 21.7. The normalized spacial score (nSPS) is 10.8. The molecule has 0 aliphatic heterocycles. The topological polar surface area (TPSA) is 74.0 Å². The summed E-state index contributed by atoms with van der Waals surface area (Å²) in [6, 6.07) is 19.6. The molecule has 0 radical (unpaired) electrons. The highest BCUT2D eigenvalue weighted by atomic mass is 32.2. The van der Waals surface area contributed by atoms with Crippen LogP contribution in [0.5, 0.6) is 5.75 Å². The molecule has 1 N–H and O–H groups in total. The minimum Gasteiger partial charge on any atom is -0.497 e. The van der Waals surface area contributed by atoms with Gasteiger partial charge >= 0.3 is 0 Å². The van der Waals surface area contributed by atoms with Crippen molar-refractivity contribution in [2.24, 2.45) is 7.05 Å². The molecule has 8 heteroatoms. The van der Waals surface area contributed by atoms with E-state index in [-0.39, 0.29) is 11.7 Å².